The molecule has 1 aromatic carbocycles. The van der Waals surface area contributed by atoms with Crippen LogP contribution in [0.2, 0.25) is 0 Å². The van der Waals surface area contributed by atoms with E-state index in [2.05, 4.69) is 9.97 Å². The van der Waals surface area contributed by atoms with E-state index in [1.54, 1.807) is 0 Å². The van der Waals surface area contributed by atoms with E-state index < -0.39 is 0 Å². The van der Waals surface area contributed by atoms with Crippen LogP contribution in [0.1, 0.15) is 36.6 Å². The number of aryl methyl sites for hydroxylation is 1. The van der Waals surface area contributed by atoms with Crippen molar-refractivity contribution in [3.63, 3.8) is 0 Å². The van der Waals surface area contributed by atoms with Crippen molar-refractivity contribution in [3.8, 4) is 0 Å². The molecule has 0 radical (unpaired) electrons. The van der Waals surface area contributed by atoms with Gasteiger partial charge in [0.25, 0.3) is 0 Å². The van der Waals surface area contributed by atoms with Gasteiger partial charge in [-0.2, -0.15) is 0 Å². The number of fused-ring (bicyclic) bond motifs is 1. The number of benzene rings is 1. The number of nitrogen functional groups attached to an aromatic ring is 1. The van der Waals surface area contributed by atoms with Crippen LogP contribution >= 0.6 is 0 Å². The van der Waals surface area contributed by atoms with Crippen LogP contribution in [0.15, 0.2) is 18.2 Å². The Labute approximate surface area is 94.7 Å². The second-order valence-electron chi connectivity index (χ2n) is 4.56. The molecule has 0 bridgehead atoms. The summed E-state index contributed by atoms with van der Waals surface area (Å²) >= 11 is 0. The van der Waals surface area contributed by atoms with E-state index in [1.165, 1.54) is 19.3 Å². The highest BCUT2D eigenvalue weighted by Gasteiger charge is 2.23. The molecular weight excluding hydrogens is 198 g/mol. The Balaban J connectivity index is 2.21. The van der Waals surface area contributed by atoms with E-state index in [0.29, 0.717) is 11.7 Å². The third-order valence-electron chi connectivity index (χ3n) is 3.45. The first-order valence-corrected chi connectivity index (χ1v) is 5.78. The Bertz CT molecular complexity index is 544. The summed E-state index contributed by atoms with van der Waals surface area (Å²) in [5, 5.41) is 1.01. The Morgan fingerprint density at radius 2 is 2.06 bits per heavy atom. The fraction of sp³-hybridized carbons (Fsp3) is 0.385. The molecule has 82 valence electrons. The van der Waals surface area contributed by atoms with Crippen molar-refractivity contribution in [2.24, 2.45) is 0 Å². The molecule has 0 saturated heterocycles. The van der Waals surface area contributed by atoms with Crippen LogP contribution in [-0.4, -0.2) is 9.97 Å². The lowest BCUT2D eigenvalue weighted by molar-refractivity contribution is 0.403. The van der Waals surface area contributed by atoms with Crippen molar-refractivity contribution in [2.45, 2.75) is 32.1 Å². The molecule has 16 heavy (non-hydrogen) atoms. The van der Waals surface area contributed by atoms with E-state index in [1.807, 2.05) is 25.1 Å². The summed E-state index contributed by atoms with van der Waals surface area (Å²) in [6, 6.07) is 6.09. The molecule has 3 nitrogen and oxygen atoms in total. The van der Waals surface area contributed by atoms with Gasteiger partial charge < -0.3 is 5.73 Å². The minimum atomic E-state index is 0.534. The maximum atomic E-state index is 6.02. The SMILES string of the molecule is Cc1cccc2nc(C3CCC3)nc(N)c12. The molecule has 0 aliphatic heterocycles. The first kappa shape index (κ1) is 9.58. The summed E-state index contributed by atoms with van der Waals surface area (Å²) in [5.41, 5.74) is 8.15. The summed E-state index contributed by atoms with van der Waals surface area (Å²) in [4.78, 5) is 9.08. The monoisotopic (exact) mass is 213 g/mol. The fourth-order valence-corrected chi connectivity index (χ4v) is 2.26. The predicted octanol–water partition coefficient (Wildman–Crippen LogP) is 2.79. The largest absolute Gasteiger partial charge is 0.383 e. The van der Waals surface area contributed by atoms with Crippen molar-refractivity contribution < 1.29 is 0 Å². The Hall–Kier alpha value is -1.64. The standard InChI is InChI=1S/C13H15N3/c1-8-4-2-7-10-11(8)12(14)16-13(15-10)9-5-3-6-9/h2,4,7,9H,3,5-6H2,1H3,(H2,14,15,16). The number of hydrogen-bond acceptors (Lipinski definition) is 3. The van der Waals surface area contributed by atoms with E-state index >= 15 is 0 Å². The number of nitrogens with zero attached hydrogens (tertiary/aromatic N) is 2. The Morgan fingerprint density at radius 1 is 1.25 bits per heavy atom. The molecule has 1 heterocycles. The van der Waals surface area contributed by atoms with E-state index in [0.717, 1.165) is 22.3 Å². The lowest BCUT2D eigenvalue weighted by Gasteiger charge is -2.24. The van der Waals surface area contributed by atoms with Crippen LogP contribution < -0.4 is 5.73 Å². The van der Waals surface area contributed by atoms with Crippen LogP contribution in [-0.2, 0) is 0 Å². The maximum absolute atomic E-state index is 6.02. The van der Waals surface area contributed by atoms with Gasteiger partial charge in [-0.25, -0.2) is 9.97 Å². The maximum Gasteiger partial charge on any atom is 0.135 e. The second kappa shape index (κ2) is 3.44. The highest BCUT2D eigenvalue weighted by Crippen LogP contribution is 2.35. The quantitative estimate of drug-likeness (QED) is 0.792. The third kappa shape index (κ3) is 1.35. The van der Waals surface area contributed by atoms with Gasteiger partial charge in [-0.15, -0.1) is 0 Å². The van der Waals surface area contributed by atoms with Crippen LogP contribution in [0.3, 0.4) is 0 Å². The minimum absolute atomic E-state index is 0.534. The zero-order chi connectivity index (χ0) is 11.1. The predicted molar refractivity (Wildman–Crippen MR) is 65.3 cm³/mol. The van der Waals surface area contributed by atoms with Gasteiger partial charge in [0.2, 0.25) is 0 Å². The molecule has 2 aromatic rings. The topological polar surface area (TPSA) is 51.8 Å². The first-order chi connectivity index (χ1) is 7.75. The summed E-state index contributed by atoms with van der Waals surface area (Å²) < 4.78 is 0. The number of hydrogen-bond donors (Lipinski definition) is 1. The minimum Gasteiger partial charge on any atom is -0.383 e. The lowest BCUT2D eigenvalue weighted by atomic mass is 9.85. The van der Waals surface area contributed by atoms with Crippen LogP contribution in [0, 0.1) is 6.92 Å². The van der Waals surface area contributed by atoms with Crippen molar-refractivity contribution in [1.82, 2.24) is 9.97 Å². The second-order valence-corrected chi connectivity index (χ2v) is 4.56. The van der Waals surface area contributed by atoms with E-state index in [9.17, 15) is 0 Å². The molecule has 1 aliphatic rings. The molecule has 0 amide bonds. The van der Waals surface area contributed by atoms with Crippen molar-refractivity contribution in [1.29, 1.82) is 0 Å². The summed E-state index contributed by atoms with van der Waals surface area (Å²) in [5.74, 6) is 2.10. The Kier molecular flexibility index (Phi) is 2.06. The van der Waals surface area contributed by atoms with Crippen LogP contribution in [0.25, 0.3) is 10.9 Å². The molecule has 0 unspecified atom stereocenters. The third-order valence-corrected chi connectivity index (χ3v) is 3.45. The average Bonchev–Trinajstić information content (AvgIpc) is 2.14. The van der Waals surface area contributed by atoms with Gasteiger partial charge in [0.05, 0.1) is 5.52 Å². The summed E-state index contributed by atoms with van der Waals surface area (Å²) in [6.07, 6.45) is 3.70. The van der Waals surface area contributed by atoms with E-state index in [-0.39, 0.29) is 0 Å². The molecule has 1 saturated carbocycles. The van der Waals surface area contributed by atoms with Gasteiger partial charge in [0.15, 0.2) is 0 Å². The zero-order valence-electron chi connectivity index (χ0n) is 9.40. The van der Waals surface area contributed by atoms with Gasteiger partial charge in [-0.1, -0.05) is 18.6 Å². The molecule has 1 fully saturated rings. The van der Waals surface area contributed by atoms with Gasteiger partial charge in [-0.05, 0) is 31.4 Å². The summed E-state index contributed by atoms with van der Waals surface area (Å²) in [6.45, 7) is 2.05. The molecule has 1 aromatic heterocycles. The van der Waals surface area contributed by atoms with Gasteiger partial charge >= 0.3 is 0 Å². The summed E-state index contributed by atoms with van der Waals surface area (Å²) in [7, 11) is 0. The van der Waals surface area contributed by atoms with Gasteiger partial charge in [0, 0.05) is 11.3 Å². The lowest BCUT2D eigenvalue weighted by Crippen LogP contribution is -2.14. The fourth-order valence-electron chi connectivity index (χ4n) is 2.26. The van der Waals surface area contributed by atoms with Crippen molar-refractivity contribution in [3.05, 3.63) is 29.6 Å². The highest BCUT2D eigenvalue weighted by atomic mass is 15.0. The van der Waals surface area contributed by atoms with E-state index in [4.69, 9.17) is 5.73 Å². The molecule has 1 aliphatic carbocycles. The molecule has 0 spiro atoms. The molecule has 0 atom stereocenters. The smallest absolute Gasteiger partial charge is 0.135 e. The molecular formula is C13H15N3. The Morgan fingerprint density at radius 3 is 2.75 bits per heavy atom. The first-order valence-electron chi connectivity index (χ1n) is 5.78. The molecule has 2 N–H and O–H groups in total. The van der Waals surface area contributed by atoms with Crippen LogP contribution in [0.4, 0.5) is 5.82 Å². The van der Waals surface area contributed by atoms with Crippen LogP contribution in [0.5, 0.6) is 0 Å². The average molecular weight is 213 g/mol. The number of aromatic nitrogens is 2. The normalized spacial score (nSPS) is 16.3. The number of anilines is 1. The van der Waals surface area contributed by atoms with Crippen molar-refractivity contribution in [2.75, 3.05) is 5.73 Å². The number of nitrogens with two attached hydrogens (primary N) is 1. The molecule has 3 rings (SSSR count). The van der Waals surface area contributed by atoms with Gasteiger partial charge in [0.1, 0.15) is 11.6 Å². The van der Waals surface area contributed by atoms with Crippen molar-refractivity contribution >= 4 is 16.7 Å². The van der Waals surface area contributed by atoms with Gasteiger partial charge in [-0.3, -0.25) is 0 Å². The zero-order valence-corrected chi connectivity index (χ0v) is 9.40. The highest BCUT2D eigenvalue weighted by molar-refractivity contribution is 5.90. The molecule has 3 heteroatoms. The number of rotatable bonds is 1.